The van der Waals surface area contributed by atoms with Gasteiger partial charge in [0, 0.05) is 29.2 Å². The molecule has 0 bridgehead atoms. The lowest BCUT2D eigenvalue weighted by Crippen LogP contribution is -2.30. The predicted octanol–water partition coefficient (Wildman–Crippen LogP) is 5.02. The number of aryl methyl sites for hydroxylation is 2. The van der Waals surface area contributed by atoms with E-state index in [-0.39, 0.29) is 18.4 Å². The SMILES string of the molecule is CCN(C(=O)c1cccc(NCC(=O)Nc2ccc(C)cc2C)c1)c1ccccc1. The summed E-state index contributed by atoms with van der Waals surface area (Å²) in [6.07, 6.45) is 0. The van der Waals surface area contributed by atoms with Gasteiger partial charge in [0.05, 0.1) is 6.54 Å². The van der Waals surface area contributed by atoms with Gasteiger partial charge in [-0.2, -0.15) is 0 Å². The second-order valence-electron chi connectivity index (χ2n) is 7.19. The van der Waals surface area contributed by atoms with E-state index in [0.717, 1.165) is 28.2 Å². The number of hydrogen-bond donors (Lipinski definition) is 2. The first-order valence-corrected chi connectivity index (χ1v) is 10.1. The van der Waals surface area contributed by atoms with E-state index in [9.17, 15) is 9.59 Å². The molecule has 3 aromatic rings. The zero-order valence-electron chi connectivity index (χ0n) is 17.6. The van der Waals surface area contributed by atoms with Gasteiger partial charge in [0.2, 0.25) is 5.91 Å². The number of amides is 2. The highest BCUT2D eigenvalue weighted by Crippen LogP contribution is 2.19. The third kappa shape index (κ3) is 5.26. The van der Waals surface area contributed by atoms with Crippen LogP contribution in [0.5, 0.6) is 0 Å². The molecule has 3 aromatic carbocycles. The van der Waals surface area contributed by atoms with E-state index in [1.807, 2.05) is 81.4 Å². The standard InChI is InChI=1S/C25H27N3O2/c1-4-28(22-11-6-5-7-12-22)25(30)20-9-8-10-21(16-20)26-17-24(29)27-23-14-13-18(2)15-19(23)3/h5-16,26H,4,17H2,1-3H3,(H,27,29). The third-order valence-corrected chi connectivity index (χ3v) is 4.85. The third-order valence-electron chi connectivity index (χ3n) is 4.85. The lowest BCUT2D eigenvalue weighted by molar-refractivity contribution is -0.114. The highest BCUT2D eigenvalue weighted by molar-refractivity contribution is 6.06. The quantitative estimate of drug-likeness (QED) is 0.584. The van der Waals surface area contributed by atoms with Crippen LogP contribution in [0.2, 0.25) is 0 Å². The van der Waals surface area contributed by atoms with Crippen LogP contribution >= 0.6 is 0 Å². The van der Waals surface area contributed by atoms with E-state index in [1.54, 1.807) is 17.0 Å². The summed E-state index contributed by atoms with van der Waals surface area (Å²) in [6.45, 7) is 6.62. The number of carbonyl (C=O) groups excluding carboxylic acids is 2. The number of nitrogens with zero attached hydrogens (tertiary/aromatic N) is 1. The Morgan fingerprint density at radius 3 is 2.37 bits per heavy atom. The minimum absolute atomic E-state index is 0.0768. The van der Waals surface area contributed by atoms with Crippen molar-refractivity contribution in [2.24, 2.45) is 0 Å². The topological polar surface area (TPSA) is 61.4 Å². The molecule has 3 rings (SSSR count). The molecule has 0 aromatic heterocycles. The summed E-state index contributed by atoms with van der Waals surface area (Å²) >= 11 is 0. The Morgan fingerprint density at radius 1 is 0.900 bits per heavy atom. The van der Waals surface area contributed by atoms with E-state index < -0.39 is 0 Å². The minimum Gasteiger partial charge on any atom is -0.376 e. The van der Waals surface area contributed by atoms with Crippen LogP contribution in [0.15, 0.2) is 72.8 Å². The number of benzene rings is 3. The normalized spacial score (nSPS) is 10.4. The van der Waals surface area contributed by atoms with Crippen molar-refractivity contribution in [1.29, 1.82) is 0 Å². The van der Waals surface area contributed by atoms with Crippen LogP contribution < -0.4 is 15.5 Å². The van der Waals surface area contributed by atoms with Gasteiger partial charge in [-0.3, -0.25) is 9.59 Å². The first-order chi connectivity index (χ1) is 14.5. The highest BCUT2D eigenvalue weighted by atomic mass is 16.2. The van der Waals surface area contributed by atoms with Crippen LogP contribution in [0.25, 0.3) is 0 Å². The Labute approximate surface area is 177 Å². The smallest absolute Gasteiger partial charge is 0.258 e. The fraction of sp³-hybridized carbons (Fsp3) is 0.200. The minimum atomic E-state index is -0.141. The van der Waals surface area contributed by atoms with E-state index in [4.69, 9.17) is 0 Å². The van der Waals surface area contributed by atoms with Gasteiger partial charge in [-0.05, 0) is 62.7 Å². The van der Waals surface area contributed by atoms with Crippen LogP contribution in [0.4, 0.5) is 17.1 Å². The predicted molar refractivity (Wildman–Crippen MR) is 123 cm³/mol. The van der Waals surface area contributed by atoms with Gasteiger partial charge in [0.15, 0.2) is 0 Å². The second-order valence-corrected chi connectivity index (χ2v) is 7.19. The van der Waals surface area contributed by atoms with Crippen molar-refractivity contribution in [3.63, 3.8) is 0 Å². The molecule has 154 valence electrons. The maximum atomic E-state index is 13.0. The Balaban J connectivity index is 1.65. The summed E-state index contributed by atoms with van der Waals surface area (Å²) in [5, 5.41) is 6.02. The Bertz CT molecular complexity index is 1030. The van der Waals surface area contributed by atoms with Gasteiger partial charge in [0.1, 0.15) is 0 Å². The van der Waals surface area contributed by atoms with Crippen LogP contribution in [-0.4, -0.2) is 24.9 Å². The maximum Gasteiger partial charge on any atom is 0.258 e. The van der Waals surface area contributed by atoms with Crippen molar-refractivity contribution >= 4 is 28.9 Å². The van der Waals surface area contributed by atoms with Gasteiger partial charge in [-0.1, -0.05) is 42.0 Å². The van der Waals surface area contributed by atoms with Gasteiger partial charge in [0.25, 0.3) is 5.91 Å². The average molecular weight is 402 g/mol. The molecule has 0 unspecified atom stereocenters. The molecule has 0 aliphatic heterocycles. The molecule has 0 radical (unpaired) electrons. The van der Waals surface area contributed by atoms with E-state index in [1.165, 1.54) is 0 Å². The number of rotatable bonds is 7. The number of para-hydroxylation sites is 1. The van der Waals surface area contributed by atoms with Gasteiger partial charge < -0.3 is 15.5 Å². The molecule has 2 amide bonds. The van der Waals surface area contributed by atoms with Crippen molar-refractivity contribution in [1.82, 2.24) is 0 Å². The molecule has 0 saturated heterocycles. The number of anilines is 3. The van der Waals surface area contributed by atoms with Crippen molar-refractivity contribution in [3.8, 4) is 0 Å². The van der Waals surface area contributed by atoms with Gasteiger partial charge in [-0.25, -0.2) is 0 Å². The molecule has 0 heterocycles. The molecule has 0 aliphatic rings. The molecular formula is C25H27N3O2. The van der Waals surface area contributed by atoms with Crippen molar-refractivity contribution < 1.29 is 9.59 Å². The summed E-state index contributed by atoms with van der Waals surface area (Å²) in [7, 11) is 0. The zero-order chi connectivity index (χ0) is 21.5. The van der Waals surface area contributed by atoms with Gasteiger partial charge in [-0.15, -0.1) is 0 Å². The molecule has 2 N–H and O–H groups in total. The average Bonchev–Trinajstić information content (AvgIpc) is 2.76. The molecule has 5 nitrogen and oxygen atoms in total. The largest absolute Gasteiger partial charge is 0.376 e. The fourth-order valence-electron chi connectivity index (χ4n) is 3.30. The summed E-state index contributed by atoms with van der Waals surface area (Å²) in [4.78, 5) is 27.1. The number of hydrogen-bond acceptors (Lipinski definition) is 3. The van der Waals surface area contributed by atoms with E-state index >= 15 is 0 Å². The molecule has 0 saturated carbocycles. The first kappa shape index (κ1) is 21.1. The number of nitrogens with one attached hydrogen (secondary N) is 2. The van der Waals surface area contributed by atoms with E-state index in [2.05, 4.69) is 10.6 Å². The lowest BCUT2D eigenvalue weighted by Gasteiger charge is -2.21. The molecule has 30 heavy (non-hydrogen) atoms. The Hall–Kier alpha value is -3.60. The Kier molecular flexibility index (Phi) is 6.86. The Morgan fingerprint density at radius 2 is 1.67 bits per heavy atom. The van der Waals surface area contributed by atoms with Gasteiger partial charge >= 0.3 is 0 Å². The maximum absolute atomic E-state index is 13.0. The highest BCUT2D eigenvalue weighted by Gasteiger charge is 2.16. The number of carbonyl (C=O) groups is 2. The summed E-state index contributed by atoms with van der Waals surface area (Å²) in [5.41, 5.74) is 5.13. The molecule has 0 fully saturated rings. The monoisotopic (exact) mass is 401 g/mol. The second kappa shape index (κ2) is 9.74. The van der Waals surface area contributed by atoms with E-state index in [0.29, 0.717) is 12.1 Å². The fourth-order valence-corrected chi connectivity index (χ4v) is 3.30. The summed E-state index contributed by atoms with van der Waals surface area (Å²) in [5.74, 6) is -0.217. The van der Waals surface area contributed by atoms with Crippen molar-refractivity contribution in [3.05, 3.63) is 89.5 Å². The molecule has 5 heteroatoms. The summed E-state index contributed by atoms with van der Waals surface area (Å²) in [6, 6.07) is 22.7. The van der Waals surface area contributed by atoms with Crippen LogP contribution in [0.1, 0.15) is 28.4 Å². The first-order valence-electron chi connectivity index (χ1n) is 10.1. The van der Waals surface area contributed by atoms with Crippen LogP contribution in [0.3, 0.4) is 0 Å². The van der Waals surface area contributed by atoms with Crippen LogP contribution in [-0.2, 0) is 4.79 Å². The molecule has 0 spiro atoms. The molecular weight excluding hydrogens is 374 g/mol. The zero-order valence-corrected chi connectivity index (χ0v) is 17.6. The van der Waals surface area contributed by atoms with Crippen molar-refractivity contribution in [2.75, 3.05) is 28.6 Å². The molecule has 0 aliphatic carbocycles. The van der Waals surface area contributed by atoms with Crippen LogP contribution in [0, 0.1) is 13.8 Å². The lowest BCUT2D eigenvalue weighted by atomic mass is 10.1. The van der Waals surface area contributed by atoms with Crippen molar-refractivity contribution in [2.45, 2.75) is 20.8 Å². The summed E-state index contributed by atoms with van der Waals surface area (Å²) < 4.78 is 0. The molecule has 0 atom stereocenters.